The molecule has 0 aliphatic carbocycles. The SMILES string of the molecule is Cc1ccccc1-n1c(SCC(=O)N2C(C)CN(C(=O)OC(C)(C)C)C(C)C2CCC(C)C)nnc1-c1ccc(Cl)cc1Cl. The number of hydrogen-bond donors (Lipinski definition) is 0. The Labute approximate surface area is 275 Å². The molecule has 238 valence electrons. The van der Waals surface area contributed by atoms with Crippen LogP contribution in [-0.2, 0) is 9.53 Å². The highest BCUT2D eigenvalue weighted by molar-refractivity contribution is 7.99. The van der Waals surface area contributed by atoms with Crippen LogP contribution in [0.1, 0.15) is 66.9 Å². The molecule has 1 aliphatic rings. The van der Waals surface area contributed by atoms with Crippen molar-refractivity contribution in [2.45, 2.75) is 97.1 Å². The van der Waals surface area contributed by atoms with Gasteiger partial charge in [0.1, 0.15) is 5.60 Å². The van der Waals surface area contributed by atoms with Crippen LogP contribution in [-0.4, -0.2) is 72.6 Å². The van der Waals surface area contributed by atoms with Crippen molar-refractivity contribution >= 4 is 47.0 Å². The number of aryl methyl sites for hydroxylation is 1. The minimum atomic E-state index is -0.598. The first kappa shape index (κ1) is 34.1. The summed E-state index contributed by atoms with van der Waals surface area (Å²) in [7, 11) is 0. The molecule has 1 aromatic heterocycles. The molecular formula is C33H43Cl2N5O3S. The average Bonchev–Trinajstić information content (AvgIpc) is 3.34. The maximum absolute atomic E-state index is 14.0. The molecule has 1 fully saturated rings. The number of benzene rings is 2. The number of carbonyl (C=O) groups is 2. The Kier molecular flexibility index (Phi) is 11.0. The molecular weight excluding hydrogens is 617 g/mol. The number of para-hydroxylation sites is 1. The van der Waals surface area contributed by atoms with Gasteiger partial charge in [0, 0.05) is 23.2 Å². The van der Waals surface area contributed by atoms with Crippen molar-refractivity contribution in [3.8, 4) is 17.1 Å². The molecule has 4 rings (SSSR count). The lowest BCUT2D eigenvalue weighted by Gasteiger charge is -2.50. The van der Waals surface area contributed by atoms with E-state index in [1.54, 1.807) is 17.0 Å². The number of nitrogens with zero attached hydrogens (tertiary/aromatic N) is 5. The molecule has 0 spiro atoms. The number of amides is 2. The van der Waals surface area contributed by atoms with Gasteiger partial charge >= 0.3 is 6.09 Å². The maximum atomic E-state index is 14.0. The summed E-state index contributed by atoms with van der Waals surface area (Å²) >= 11 is 14.1. The molecule has 3 unspecified atom stereocenters. The third kappa shape index (κ3) is 7.90. The minimum absolute atomic E-state index is 0.00245. The van der Waals surface area contributed by atoms with E-state index < -0.39 is 5.60 Å². The fraction of sp³-hybridized carbons (Fsp3) is 0.515. The van der Waals surface area contributed by atoms with Gasteiger partial charge in [0.2, 0.25) is 5.91 Å². The van der Waals surface area contributed by atoms with Crippen LogP contribution < -0.4 is 0 Å². The Morgan fingerprint density at radius 3 is 2.43 bits per heavy atom. The highest BCUT2D eigenvalue weighted by Crippen LogP contribution is 2.35. The molecule has 0 N–H and O–H groups in total. The summed E-state index contributed by atoms with van der Waals surface area (Å²) in [6, 6.07) is 12.7. The van der Waals surface area contributed by atoms with Crippen LogP contribution in [0.5, 0.6) is 0 Å². The Hall–Kier alpha value is -2.75. The molecule has 11 heteroatoms. The van der Waals surface area contributed by atoms with Gasteiger partial charge in [-0.3, -0.25) is 9.36 Å². The fourth-order valence-corrected chi connectivity index (χ4v) is 6.93. The van der Waals surface area contributed by atoms with Gasteiger partial charge in [-0.25, -0.2) is 4.79 Å². The first-order valence-electron chi connectivity index (χ1n) is 15.1. The number of rotatable bonds is 8. The third-order valence-electron chi connectivity index (χ3n) is 7.78. The Morgan fingerprint density at radius 1 is 1.09 bits per heavy atom. The van der Waals surface area contributed by atoms with E-state index in [0.29, 0.717) is 39.1 Å². The molecule has 3 aromatic rings. The van der Waals surface area contributed by atoms with Crippen molar-refractivity contribution in [2.75, 3.05) is 12.3 Å². The Balaban J connectivity index is 1.63. The zero-order chi connectivity index (χ0) is 32.3. The van der Waals surface area contributed by atoms with E-state index in [-0.39, 0.29) is 35.9 Å². The lowest BCUT2D eigenvalue weighted by Crippen LogP contribution is -2.65. The van der Waals surface area contributed by atoms with E-state index >= 15 is 0 Å². The van der Waals surface area contributed by atoms with Crippen LogP contribution in [0, 0.1) is 12.8 Å². The first-order chi connectivity index (χ1) is 20.7. The standard InChI is InChI=1S/C33H43Cl2N5O3S/c1-20(2)13-16-28-23(5)38(32(42)43-33(6,7)8)18-22(4)39(28)29(41)19-44-31-37-36-30(25-15-14-24(34)17-26(25)35)40(31)27-12-10-9-11-21(27)3/h9-12,14-15,17,20,22-23,28H,13,16,18-19H2,1-8H3. The second kappa shape index (κ2) is 14.1. The molecule has 44 heavy (non-hydrogen) atoms. The van der Waals surface area contributed by atoms with Crippen molar-refractivity contribution in [2.24, 2.45) is 5.92 Å². The number of halogens is 2. The Morgan fingerprint density at radius 2 is 1.80 bits per heavy atom. The van der Waals surface area contributed by atoms with Crippen molar-refractivity contribution in [1.82, 2.24) is 24.6 Å². The number of hydrogen-bond acceptors (Lipinski definition) is 6. The van der Waals surface area contributed by atoms with Gasteiger partial charge in [0.25, 0.3) is 0 Å². The zero-order valence-corrected chi connectivity index (χ0v) is 29.1. The van der Waals surface area contributed by atoms with Crippen LogP contribution in [0.15, 0.2) is 47.6 Å². The summed E-state index contributed by atoms with van der Waals surface area (Å²) in [5.41, 5.74) is 2.02. The second-order valence-corrected chi connectivity index (χ2v) is 14.7. The number of carbonyl (C=O) groups excluding carboxylic acids is 2. The van der Waals surface area contributed by atoms with Crippen LogP contribution in [0.25, 0.3) is 17.1 Å². The average molecular weight is 661 g/mol. The van der Waals surface area contributed by atoms with Crippen molar-refractivity contribution in [3.63, 3.8) is 0 Å². The predicted molar refractivity (Wildman–Crippen MR) is 179 cm³/mol. The highest BCUT2D eigenvalue weighted by atomic mass is 35.5. The molecule has 2 amide bonds. The number of piperazine rings is 1. The fourth-order valence-electron chi connectivity index (χ4n) is 5.62. The minimum Gasteiger partial charge on any atom is -0.444 e. The quantitative estimate of drug-likeness (QED) is 0.226. The molecule has 0 radical (unpaired) electrons. The van der Waals surface area contributed by atoms with Crippen LogP contribution >= 0.6 is 35.0 Å². The third-order valence-corrected chi connectivity index (χ3v) is 9.25. The van der Waals surface area contributed by atoms with Gasteiger partial charge in [-0.05, 0) is 90.1 Å². The largest absolute Gasteiger partial charge is 0.444 e. The van der Waals surface area contributed by atoms with E-state index in [2.05, 4.69) is 24.0 Å². The van der Waals surface area contributed by atoms with Crippen molar-refractivity contribution in [1.29, 1.82) is 0 Å². The Bertz CT molecular complexity index is 1490. The van der Waals surface area contributed by atoms with E-state index in [1.165, 1.54) is 11.8 Å². The van der Waals surface area contributed by atoms with Gasteiger partial charge in [0.05, 0.1) is 28.5 Å². The normalized spacial score (nSPS) is 19.0. The maximum Gasteiger partial charge on any atom is 0.410 e. The monoisotopic (exact) mass is 659 g/mol. The van der Waals surface area contributed by atoms with Gasteiger partial charge < -0.3 is 14.5 Å². The highest BCUT2D eigenvalue weighted by Gasteiger charge is 2.43. The number of aromatic nitrogens is 3. The van der Waals surface area contributed by atoms with Crippen LogP contribution in [0.3, 0.4) is 0 Å². The van der Waals surface area contributed by atoms with E-state index in [4.69, 9.17) is 27.9 Å². The van der Waals surface area contributed by atoms with Crippen LogP contribution in [0.4, 0.5) is 4.79 Å². The topological polar surface area (TPSA) is 80.6 Å². The lowest BCUT2D eigenvalue weighted by atomic mass is 9.92. The van der Waals surface area contributed by atoms with Gasteiger partial charge in [0.15, 0.2) is 11.0 Å². The lowest BCUT2D eigenvalue weighted by molar-refractivity contribution is -0.139. The smallest absolute Gasteiger partial charge is 0.410 e. The summed E-state index contributed by atoms with van der Waals surface area (Å²) in [5.74, 6) is 1.20. The summed E-state index contributed by atoms with van der Waals surface area (Å²) in [6.07, 6.45) is 1.39. The summed E-state index contributed by atoms with van der Waals surface area (Å²) in [4.78, 5) is 31.0. The van der Waals surface area contributed by atoms with Crippen LogP contribution in [0.2, 0.25) is 10.0 Å². The van der Waals surface area contributed by atoms with Crippen molar-refractivity contribution < 1.29 is 14.3 Å². The van der Waals surface area contributed by atoms with E-state index in [9.17, 15) is 9.59 Å². The number of thioether (sulfide) groups is 1. The van der Waals surface area contributed by atoms with E-state index in [1.807, 2.05) is 81.3 Å². The van der Waals surface area contributed by atoms with Gasteiger partial charge in [-0.15, -0.1) is 10.2 Å². The molecule has 0 saturated carbocycles. The first-order valence-corrected chi connectivity index (χ1v) is 16.8. The van der Waals surface area contributed by atoms with Gasteiger partial charge in [-0.2, -0.15) is 0 Å². The summed E-state index contributed by atoms with van der Waals surface area (Å²) in [6.45, 7) is 16.4. The molecule has 3 atom stereocenters. The van der Waals surface area contributed by atoms with E-state index in [0.717, 1.165) is 24.1 Å². The molecule has 0 bridgehead atoms. The van der Waals surface area contributed by atoms with Gasteiger partial charge in [-0.1, -0.05) is 67.0 Å². The molecule has 1 saturated heterocycles. The zero-order valence-electron chi connectivity index (χ0n) is 26.8. The molecule has 2 aromatic carbocycles. The summed E-state index contributed by atoms with van der Waals surface area (Å²) < 4.78 is 7.68. The summed E-state index contributed by atoms with van der Waals surface area (Å²) in [5, 5.41) is 10.6. The second-order valence-electron chi connectivity index (χ2n) is 12.9. The molecule has 2 heterocycles. The molecule has 8 nitrogen and oxygen atoms in total. The number of ether oxygens (including phenoxy) is 1. The predicted octanol–water partition coefficient (Wildman–Crippen LogP) is 8.30. The van der Waals surface area contributed by atoms with Crippen molar-refractivity contribution in [3.05, 3.63) is 58.1 Å². The molecule has 1 aliphatic heterocycles.